The molecule has 1 aliphatic carbocycles. The van der Waals surface area contributed by atoms with E-state index in [1.807, 2.05) is 4.68 Å². The van der Waals surface area contributed by atoms with E-state index in [9.17, 15) is 9.18 Å². The normalized spacial score (nSPS) is 16.3. The first-order valence-electron chi connectivity index (χ1n) is 8.06. The maximum atomic E-state index is 13.6. The number of rotatable bonds is 5. The summed E-state index contributed by atoms with van der Waals surface area (Å²) in [4.78, 5) is 12.3. The molecule has 1 unspecified atom stereocenters. The summed E-state index contributed by atoms with van der Waals surface area (Å²) in [5.74, 6) is -0.539. The van der Waals surface area contributed by atoms with Crippen molar-refractivity contribution in [2.45, 2.75) is 56.0 Å². The standard InChI is InChI=1S/C16H20FN5OS/c1-10-7-8-12(9-14(10)17)18-15(23)11(2)24-16-19-20-21-22(16)13-5-3-4-6-13/h7-9,11,13H,3-6H2,1-2H3,(H,18,23). The van der Waals surface area contributed by atoms with E-state index in [-0.39, 0.29) is 17.0 Å². The molecule has 1 fully saturated rings. The first-order chi connectivity index (χ1) is 11.5. The van der Waals surface area contributed by atoms with Crippen molar-refractivity contribution in [2.24, 2.45) is 0 Å². The fourth-order valence-corrected chi connectivity index (χ4v) is 3.63. The number of tetrazole rings is 1. The summed E-state index contributed by atoms with van der Waals surface area (Å²) < 4.78 is 15.4. The molecular weight excluding hydrogens is 329 g/mol. The van der Waals surface area contributed by atoms with E-state index < -0.39 is 0 Å². The lowest BCUT2D eigenvalue weighted by molar-refractivity contribution is -0.115. The Bertz CT molecular complexity index is 729. The molecule has 3 rings (SSSR count). The predicted octanol–water partition coefficient (Wildman–Crippen LogP) is 3.36. The number of carbonyl (C=O) groups excluding carboxylic acids is 1. The molecule has 1 aliphatic rings. The lowest BCUT2D eigenvalue weighted by Gasteiger charge is -2.14. The minimum Gasteiger partial charge on any atom is -0.325 e. The number of aryl methyl sites for hydroxylation is 1. The van der Waals surface area contributed by atoms with Crippen LogP contribution in [0.1, 0.15) is 44.2 Å². The van der Waals surface area contributed by atoms with Crippen LogP contribution in [-0.4, -0.2) is 31.4 Å². The second-order valence-corrected chi connectivity index (χ2v) is 7.37. The number of hydrogen-bond acceptors (Lipinski definition) is 5. The maximum Gasteiger partial charge on any atom is 0.237 e. The van der Waals surface area contributed by atoms with Crippen LogP contribution in [0.25, 0.3) is 0 Å². The summed E-state index contributed by atoms with van der Waals surface area (Å²) >= 11 is 1.32. The Labute approximate surface area is 144 Å². The van der Waals surface area contributed by atoms with Gasteiger partial charge < -0.3 is 5.32 Å². The first kappa shape index (κ1) is 16.9. The zero-order valence-electron chi connectivity index (χ0n) is 13.7. The van der Waals surface area contributed by atoms with Gasteiger partial charge in [0.05, 0.1) is 11.3 Å². The van der Waals surface area contributed by atoms with Crippen LogP contribution in [0.2, 0.25) is 0 Å². The number of nitrogens with one attached hydrogen (secondary N) is 1. The van der Waals surface area contributed by atoms with Crippen LogP contribution >= 0.6 is 11.8 Å². The van der Waals surface area contributed by atoms with Crippen molar-refractivity contribution >= 4 is 23.4 Å². The highest BCUT2D eigenvalue weighted by atomic mass is 32.2. The van der Waals surface area contributed by atoms with Gasteiger partial charge in [0.15, 0.2) is 0 Å². The average Bonchev–Trinajstić information content (AvgIpc) is 3.21. The summed E-state index contributed by atoms with van der Waals surface area (Å²) in [5, 5.41) is 14.9. The van der Waals surface area contributed by atoms with E-state index in [0.717, 1.165) is 12.8 Å². The maximum absolute atomic E-state index is 13.6. The average molecular weight is 349 g/mol. The number of amides is 1. The van der Waals surface area contributed by atoms with Gasteiger partial charge in [-0.05, 0) is 54.8 Å². The Morgan fingerprint density at radius 3 is 2.88 bits per heavy atom. The van der Waals surface area contributed by atoms with Gasteiger partial charge in [-0.2, -0.15) is 0 Å². The van der Waals surface area contributed by atoms with Crippen LogP contribution in [0.5, 0.6) is 0 Å². The van der Waals surface area contributed by atoms with Gasteiger partial charge in [-0.1, -0.05) is 30.7 Å². The van der Waals surface area contributed by atoms with Crippen LogP contribution in [0.3, 0.4) is 0 Å². The minimum absolute atomic E-state index is 0.204. The minimum atomic E-state index is -0.388. The van der Waals surface area contributed by atoms with E-state index in [1.54, 1.807) is 26.0 Å². The van der Waals surface area contributed by atoms with Crippen LogP contribution in [0.15, 0.2) is 23.4 Å². The van der Waals surface area contributed by atoms with E-state index >= 15 is 0 Å². The molecule has 24 heavy (non-hydrogen) atoms. The number of nitrogens with zero attached hydrogens (tertiary/aromatic N) is 4. The van der Waals surface area contributed by atoms with E-state index in [2.05, 4.69) is 20.8 Å². The van der Waals surface area contributed by atoms with E-state index in [4.69, 9.17) is 0 Å². The third-order valence-corrected chi connectivity index (χ3v) is 5.27. The van der Waals surface area contributed by atoms with Gasteiger partial charge in [-0.3, -0.25) is 4.79 Å². The molecule has 8 heteroatoms. The summed E-state index contributed by atoms with van der Waals surface area (Å²) in [6, 6.07) is 4.98. The summed E-state index contributed by atoms with van der Waals surface area (Å²) in [6.07, 6.45) is 4.51. The van der Waals surface area contributed by atoms with Gasteiger partial charge in [-0.15, -0.1) is 5.10 Å². The molecule has 2 aromatic rings. The number of aromatic nitrogens is 4. The second kappa shape index (κ2) is 7.29. The molecule has 0 bridgehead atoms. The van der Waals surface area contributed by atoms with Gasteiger partial charge in [0.2, 0.25) is 11.1 Å². The van der Waals surface area contributed by atoms with Crippen molar-refractivity contribution in [1.29, 1.82) is 0 Å². The van der Waals surface area contributed by atoms with Gasteiger partial charge in [-0.25, -0.2) is 9.07 Å². The fraction of sp³-hybridized carbons (Fsp3) is 0.500. The van der Waals surface area contributed by atoms with E-state index in [0.29, 0.717) is 22.4 Å². The molecule has 6 nitrogen and oxygen atoms in total. The molecule has 128 valence electrons. The third-order valence-electron chi connectivity index (χ3n) is 4.22. The molecule has 1 saturated carbocycles. The molecule has 1 N–H and O–H groups in total. The Morgan fingerprint density at radius 2 is 2.17 bits per heavy atom. The molecule has 0 radical (unpaired) electrons. The highest BCUT2D eigenvalue weighted by Gasteiger charge is 2.24. The highest BCUT2D eigenvalue weighted by Crippen LogP contribution is 2.32. The zero-order valence-corrected chi connectivity index (χ0v) is 14.5. The fourth-order valence-electron chi connectivity index (χ4n) is 2.77. The predicted molar refractivity (Wildman–Crippen MR) is 90.4 cm³/mol. The lowest BCUT2D eigenvalue weighted by atomic mass is 10.2. The number of hydrogen-bond donors (Lipinski definition) is 1. The second-order valence-electron chi connectivity index (χ2n) is 6.06. The molecule has 1 amide bonds. The van der Waals surface area contributed by atoms with Crippen LogP contribution in [-0.2, 0) is 4.79 Å². The van der Waals surface area contributed by atoms with E-state index in [1.165, 1.54) is 30.7 Å². The monoisotopic (exact) mass is 349 g/mol. The quantitative estimate of drug-likeness (QED) is 0.838. The van der Waals surface area contributed by atoms with Crippen molar-refractivity contribution in [2.75, 3.05) is 5.32 Å². The van der Waals surface area contributed by atoms with Crippen molar-refractivity contribution < 1.29 is 9.18 Å². The molecule has 1 atom stereocenters. The molecule has 1 heterocycles. The molecule has 1 aromatic heterocycles. The molecule has 0 spiro atoms. The summed E-state index contributed by atoms with van der Waals surface area (Å²) in [7, 11) is 0. The van der Waals surface area contributed by atoms with Crippen LogP contribution < -0.4 is 5.32 Å². The van der Waals surface area contributed by atoms with Crippen molar-refractivity contribution in [3.05, 3.63) is 29.6 Å². The summed E-state index contributed by atoms with van der Waals surface area (Å²) in [6.45, 7) is 3.47. The summed E-state index contributed by atoms with van der Waals surface area (Å²) in [5.41, 5.74) is 0.997. The van der Waals surface area contributed by atoms with Crippen molar-refractivity contribution in [3.8, 4) is 0 Å². The van der Waals surface area contributed by atoms with Gasteiger partial charge in [0, 0.05) is 5.69 Å². The number of halogens is 1. The molecule has 0 aliphatic heterocycles. The Morgan fingerprint density at radius 1 is 1.42 bits per heavy atom. The number of benzene rings is 1. The third kappa shape index (κ3) is 3.75. The number of carbonyl (C=O) groups is 1. The van der Waals surface area contributed by atoms with Gasteiger partial charge >= 0.3 is 0 Å². The Kier molecular flexibility index (Phi) is 5.13. The largest absolute Gasteiger partial charge is 0.325 e. The van der Waals surface area contributed by atoms with Crippen molar-refractivity contribution in [1.82, 2.24) is 20.2 Å². The molecule has 1 aromatic carbocycles. The highest BCUT2D eigenvalue weighted by molar-refractivity contribution is 8.00. The number of thioether (sulfide) groups is 1. The Balaban J connectivity index is 1.64. The zero-order chi connectivity index (χ0) is 17.1. The molecule has 0 saturated heterocycles. The topological polar surface area (TPSA) is 72.7 Å². The molecular formula is C16H20FN5OS. The van der Waals surface area contributed by atoms with Crippen LogP contribution in [0.4, 0.5) is 10.1 Å². The Hall–Kier alpha value is -1.96. The lowest BCUT2D eigenvalue weighted by Crippen LogP contribution is -2.23. The smallest absolute Gasteiger partial charge is 0.237 e. The number of anilines is 1. The van der Waals surface area contributed by atoms with Gasteiger partial charge in [0.1, 0.15) is 5.82 Å². The van der Waals surface area contributed by atoms with Crippen LogP contribution in [0, 0.1) is 12.7 Å². The van der Waals surface area contributed by atoms with Crippen molar-refractivity contribution in [3.63, 3.8) is 0 Å². The SMILES string of the molecule is Cc1ccc(NC(=O)C(C)Sc2nnnn2C2CCCC2)cc1F. The van der Waals surface area contributed by atoms with Gasteiger partial charge in [0.25, 0.3) is 0 Å². The first-order valence-corrected chi connectivity index (χ1v) is 8.94.